The number of amides is 2. The van der Waals surface area contributed by atoms with Crippen LogP contribution in [0.5, 0.6) is 11.5 Å². The normalized spacial score (nSPS) is 15.3. The van der Waals surface area contributed by atoms with Crippen molar-refractivity contribution in [2.75, 3.05) is 32.1 Å². The Morgan fingerprint density at radius 3 is 2.70 bits per heavy atom. The predicted molar refractivity (Wildman–Crippen MR) is 102 cm³/mol. The molecule has 7 heteroatoms. The largest absolute Gasteiger partial charge is 0.496 e. The van der Waals surface area contributed by atoms with E-state index < -0.39 is 6.10 Å². The maximum Gasteiger partial charge on any atom is 0.262 e. The summed E-state index contributed by atoms with van der Waals surface area (Å²) in [5.74, 6) is 0.960. The fourth-order valence-corrected chi connectivity index (χ4v) is 3.03. The first-order chi connectivity index (χ1) is 13.1. The molecule has 1 heterocycles. The van der Waals surface area contributed by atoms with Gasteiger partial charge >= 0.3 is 0 Å². The number of carbonyl (C=O) groups is 2. The van der Waals surface area contributed by atoms with Crippen LogP contribution in [0.25, 0.3) is 0 Å². The highest BCUT2D eigenvalue weighted by molar-refractivity contribution is 5.86. The Morgan fingerprint density at radius 2 is 1.93 bits per heavy atom. The second kappa shape index (κ2) is 8.44. The van der Waals surface area contributed by atoms with E-state index in [0.717, 1.165) is 17.0 Å². The van der Waals surface area contributed by atoms with Crippen molar-refractivity contribution in [2.24, 2.45) is 0 Å². The zero-order valence-corrected chi connectivity index (χ0v) is 15.4. The Hall–Kier alpha value is -3.22. The number of hydrogen-bond donors (Lipinski definition) is 2. The Bertz CT molecular complexity index is 824. The van der Waals surface area contributed by atoms with Crippen LogP contribution in [0.3, 0.4) is 0 Å². The summed E-state index contributed by atoms with van der Waals surface area (Å²) in [6.45, 7) is 0.801. The minimum Gasteiger partial charge on any atom is -0.496 e. The number of carbonyl (C=O) groups excluding carboxylic acids is 2. The molecule has 0 fully saturated rings. The van der Waals surface area contributed by atoms with Crippen LogP contribution in [0.2, 0.25) is 0 Å². The number of ether oxygens (including phenoxy) is 2. The lowest BCUT2D eigenvalue weighted by Crippen LogP contribution is -2.50. The molecule has 2 aromatic carbocycles. The van der Waals surface area contributed by atoms with E-state index in [0.29, 0.717) is 18.8 Å². The van der Waals surface area contributed by atoms with Gasteiger partial charge in [-0.15, -0.1) is 0 Å². The smallest absolute Gasteiger partial charge is 0.262 e. The summed E-state index contributed by atoms with van der Waals surface area (Å²) in [6.07, 6.45) is -0.660. The van der Waals surface area contributed by atoms with Crippen LogP contribution in [0.4, 0.5) is 5.69 Å². The van der Waals surface area contributed by atoms with Crippen LogP contribution in [-0.2, 0) is 16.1 Å². The SMILES string of the molecule is CNC(=O)[C@H]1CN(CC(=O)NCc2ccccc2OC)c2ccccc2O1. The number of benzene rings is 2. The first-order valence-electron chi connectivity index (χ1n) is 8.73. The molecule has 3 rings (SSSR count). The van der Waals surface area contributed by atoms with Gasteiger partial charge in [-0.1, -0.05) is 30.3 Å². The first-order valence-corrected chi connectivity index (χ1v) is 8.73. The lowest BCUT2D eigenvalue weighted by molar-refractivity contribution is -0.127. The zero-order chi connectivity index (χ0) is 19.2. The zero-order valence-electron chi connectivity index (χ0n) is 15.4. The molecule has 27 heavy (non-hydrogen) atoms. The number of rotatable bonds is 6. The van der Waals surface area contributed by atoms with Gasteiger partial charge in [0.25, 0.3) is 5.91 Å². The van der Waals surface area contributed by atoms with E-state index in [1.807, 2.05) is 47.4 Å². The van der Waals surface area contributed by atoms with Gasteiger partial charge in [-0.05, 0) is 18.2 Å². The highest BCUT2D eigenvalue weighted by Crippen LogP contribution is 2.32. The summed E-state index contributed by atoms with van der Waals surface area (Å²) < 4.78 is 11.1. The van der Waals surface area contributed by atoms with Gasteiger partial charge in [-0.2, -0.15) is 0 Å². The van der Waals surface area contributed by atoms with Crippen LogP contribution in [0.1, 0.15) is 5.56 Å². The summed E-state index contributed by atoms with van der Waals surface area (Å²) in [5, 5.41) is 5.50. The van der Waals surface area contributed by atoms with Gasteiger partial charge in [-0.25, -0.2) is 0 Å². The average molecular weight is 369 g/mol. The molecule has 0 radical (unpaired) electrons. The van der Waals surface area contributed by atoms with Crippen LogP contribution in [0.15, 0.2) is 48.5 Å². The topological polar surface area (TPSA) is 79.9 Å². The molecule has 0 aliphatic carbocycles. The van der Waals surface area contributed by atoms with Gasteiger partial charge in [0, 0.05) is 19.2 Å². The summed E-state index contributed by atoms with van der Waals surface area (Å²) in [7, 11) is 3.17. The summed E-state index contributed by atoms with van der Waals surface area (Å²) in [4.78, 5) is 26.4. The predicted octanol–water partition coefficient (Wildman–Crippen LogP) is 1.33. The van der Waals surface area contributed by atoms with Gasteiger partial charge in [0.15, 0.2) is 6.10 Å². The van der Waals surface area contributed by atoms with Gasteiger partial charge < -0.3 is 25.0 Å². The van der Waals surface area contributed by atoms with E-state index in [2.05, 4.69) is 10.6 Å². The molecule has 7 nitrogen and oxygen atoms in total. The Kier molecular flexibility index (Phi) is 5.80. The molecule has 1 aliphatic heterocycles. The third kappa shape index (κ3) is 4.31. The van der Waals surface area contributed by atoms with E-state index in [4.69, 9.17) is 9.47 Å². The summed E-state index contributed by atoms with van der Waals surface area (Å²) in [6, 6.07) is 14.9. The molecule has 0 unspecified atom stereocenters. The van der Waals surface area contributed by atoms with Gasteiger partial charge in [0.1, 0.15) is 11.5 Å². The fourth-order valence-electron chi connectivity index (χ4n) is 3.03. The Balaban J connectivity index is 1.68. The number of anilines is 1. The first kappa shape index (κ1) is 18.6. The standard InChI is InChI=1S/C20H23N3O4/c1-21-20(25)18-12-23(15-8-4-6-10-17(15)27-18)13-19(24)22-11-14-7-3-5-9-16(14)26-2/h3-10,18H,11-13H2,1-2H3,(H,21,25)(H,22,24)/t18-/m1/s1. The molecule has 0 bridgehead atoms. The molecule has 0 saturated carbocycles. The van der Waals surface area contributed by atoms with Crippen molar-refractivity contribution in [2.45, 2.75) is 12.6 Å². The number of hydrogen-bond acceptors (Lipinski definition) is 5. The molecular formula is C20H23N3O4. The lowest BCUT2D eigenvalue weighted by Gasteiger charge is -2.35. The lowest BCUT2D eigenvalue weighted by atomic mass is 10.1. The van der Waals surface area contributed by atoms with Crippen molar-refractivity contribution in [3.8, 4) is 11.5 Å². The molecule has 2 amide bonds. The second-order valence-corrected chi connectivity index (χ2v) is 6.16. The molecule has 142 valence electrons. The summed E-state index contributed by atoms with van der Waals surface area (Å²) in [5.41, 5.74) is 1.70. The third-order valence-corrected chi connectivity index (χ3v) is 4.40. The number of likely N-dealkylation sites (N-methyl/N-ethyl adjacent to an activating group) is 1. The van der Waals surface area contributed by atoms with Crippen LogP contribution in [-0.4, -0.2) is 45.2 Å². The number of nitrogens with zero attached hydrogens (tertiary/aromatic N) is 1. The Labute approximate surface area is 158 Å². The number of methoxy groups -OCH3 is 1. The highest BCUT2D eigenvalue weighted by atomic mass is 16.5. The fraction of sp³-hybridized carbons (Fsp3) is 0.300. The molecule has 1 atom stereocenters. The number of nitrogens with one attached hydrogen (secondary N) is 2. The van der Waals surface area contributed by atoms with E-state index >= 15 is 0 Å². The molecule has 2 N–H and O–H groups in total. The second-order valence-electron chi connectivity index (χ2n) is 6.16. The van der Waals surface area contributed by atoms with Crippen LogP contribution >= 0.6 is 0 Å². The van der Waals surface area contributed by atoms with Gasteiger partial charge in [-0.3, -0.25) is 9.59 Å². The molecule has 0 aromatic heterocycles. The van der Waals surface area contributed by atoms with E-state index in [1.165, 1.54) is 0 Å². The van der Waals surface area contributed by atoms with Crippen LogP contribution < -0.4 is 25.0 Å². The number of para-hydroxylation sites is 3. The van der Waals surface area contributed by atoms with Crippen molar-refractivity contribution in [3.05, 3.63) is 54.1 Å². The Morgan fingerprint density at radius 1 is 1.19 bits per heavy atom. The molecule has 2 aromatic rings. The average Bonchev–Trinajstić information content (AvgIpc) is 2.71. The molecule has 1 aliphatic rings. The van der Waals surface area contributed by atoms with Gasteiger partial charge in [0.05, 0.1) is 25.9 Å². The van der Waals surface area contributed by atoms with Crippen molar-refractivity contribution in [1.82, 2.24) is 10.6 Å². The minimum atomic E-state index is -0.660. The van der Waals surface area contributed by atoms with E-state index in [1.54, 1.807) is 20.2 Å². The van der Waals surface area contributed by atoms with Crippen molar-refractivity contribution >= 4 is 17.5 Å². The monoisotopic (exact) mass is 369 g/mol. The van der Waals surface area contributed by atoms with E-state index in [-0.39, 0.29) is 18.4 Å². The maximum atomic E-state index is 12.5. The van der Waals surface area contributed by atoms with E-state index in [9.17, 15) is 9.59 Å². The van der Waals surface area contributed by atoms with Crippen LogP contribution in [0, 0.1) is 0 Å². The minimum absolute atomic E-state index is 0.128. The van der Waals surface area contributed by atoms with Gasteiger partial charge in [0.2, 0.25) is 5.91 Å². The number of fused-ring (bicyclic) bond motifs is 1. The summed E-state index contributed by atoms with van der Waals surface area (Å²) >= 11 is 0. The van der Waals surface area contributed by atoms with Crippen molar-refractivity contribution < 1.29 is 19.1 Å². The quantitative estimate of drug-likeness (QED) is 0.803. The highest BCUT2D eigenvalue weighted by Gasteiger charge is 2.30. The molecule has 0 spiro atoms. The maximum absolute atomic E-state index is 12.5. The molecular weight excluding hydrogens is 346 g/mol. The molecule has 0 saturated heterocycles. The van der Waals surface area contributed by atoms with Crippen molar-refractivity contribution in [1.29, 1.82) is 0 Å². The third-order valence-electron chi connectivity index (χ3n) is 4.40. The van der Waals surface area contributed by atoms with Crippen molar-refractivity contribution in [3.63, 3.8) is 0 Å².